The van der Waals surface area contributed by atoms with E-state index < -0.39 is 0 Å². The predicted molar refractivity (Wildman–Crippen MR) is 76.3 cm³/mol. The highest BCUT2D eigenvalue weighted by molar-refractivity contribution is 5.96. The Labute approximate surface area is 109 Å². The smallest absolute Gasteiger partial charge is 0.159 e. The van der Waals surface area contributed by atoms with Gasteiger partial charge < -0.3 is 0 Å². The van der Waals surface area contributed by atoms with Gasteiger partial charge in [-0.2, -0.15) is 0 Å². The fourth-order valence-electron chi connectivity index (χ4n) is 2.20. The lowest BCUT2D eigenvalue weighted by Crippen LogP contribution is -2.02. The number of hydrogen-bond acceptors (Lipinski definition) is 1. The normalized spacial score (nSPS) is 18.8. The van der Waals surface area contributed by atoms with E-state index in [-0.39, 0.29) is 5.78 Å². The van der Waals surface area contributed by atoms with Crippen molar-refractivity contribution in [2.45, 2.75) is 39.0 Å². The Morgan fingerprint density at radius 1 is 1.22 bits per heavy atom. The number of hydrogen-bond donors (Lipinski definition) is 0. The number of carbonyl (C=O) groups is 1. The molecule has 0 saturated heterocycles. The molecule has 0 saturated carbocycles. The second kappa shape index (κ2) is 6.34. The molecule has 0 N–H and O–H groups in total. The second-order valence-corrected chi connectivity index (χ2v) is 4.89. The molecule has 0 fully saturated rings. The average Bonchev–Trinajstić information content (AvgIpc) is 2.62. The monoisotopic (exact) mass is 240 g/mol. The number of Topliss-reactive ketones (excluding diaryl/α,β-unsaturated/α-hetero) is 1. The van der Waals surface area contributed by atoms with E-state index in [0.717, 1.165) is 31.3 Å². The van der Waals surface area contributed by atoms with Crippen LogP contribution < -0.4 is 0 Å². The molecule has 0 bridgehead atoms. The van der Waals surface area contributed by atoms with Crippen LogP contribution in [-0.2, 0) is 4.79 Å². The summed E-state index contributed by atoms with van der Waals surface area (Å²) in [5.74, 6) is 0.283. The standard InChI is InChI=1S/C17H20O/c1-14-6-5-9-16(12-10-14)17(18)13-11-15-7-3-2-4-8-15/h3,5-10H,2,4,11-13H2,1H3. The summed E-state index contributed by atoms with van der Waals surface area (Å²) in [6.07, 6.45) is 19.2. The van der Waals surface area contributed by atoms with Gasteiger partial charge in [0, 0.05) is 6.42 Å². The molecule has 1 nitrogen and oxygen atoms in total. The van der Waals surface area contributed by atoms with E-state index in [1.165, 1.54) is 11.1 Å². The van der Waals surface area contributed by atoms with E-state index in [0.29, 0.717) is 6.42 Å². The molecule has 18 heavy (non-hydrogen) atoms. The number of rotatable bonds is 4. The van der Waals surface area contributed by atoms with Crippen molar-refractivity contribution in [1.29, 1.82) is 0 Å². The molecule has 0 amide bonds. The molecule has 94 valence electrons. The van der Waals surface area contributed by atoms with Crippen molar-refractivity contribution in [1.82, 2.24) is 0 Å². The summed E-state index contributed by atoms with van der Waals surface area (Å²) >= 11 is 0. The van der Waals surface area contributed by atoms with Crippen molar-refractivity contribution in [2.75, 3.05) is 0 Å². The molecule has 2 aliphatic rings. The van der Waals surface area contributed by atoms with Crippen molar-refractivity contribution in [3.8, 4) is 0 Å². The Morgan fingerprint density at radius 3 is 2.89 bits per heavy atom. The largest absolute Gasteiger partial charge is 0.295 e. The minimum Gasteiger partial charge on any atom is -0.295 e. The predicted octanol–water partition coefficient (Wildman–Crippen LogP) is 4.44. The van der Waals surface area contributed by atoms with Gasteiger partial charge in [0.2, 0.25) is 0 Å². The molecule has 2 rings (SSSR count). The number of ketones is 1. The van der Waals surface area contributed by atoms with Crippen molar-refractivity contribution < 1.29 is 4.79 Å². The van der Waals surface area contributed by atoms with Gasteiger partial charge in [0.25, 0.3) is 0 Å². The molecule has 0 atom stereocenters. The van der Waals surface area contributed by atoms with Gasteiger partial charge in [-0.05, 0) is 38.2 Å². The van der Waals surface area contributed by atoms with Crippen LogP contribution in [0.2, 0.25) is 0 Å². The van der Waals surface area contributed by atoms with Crippen LogP contribution in [0.1, 0.15) is 39.0 Å². The maximum absolute atomic E-state index is 12.1. The lowest BCUT2D eigenvalue weighted by molar-refractivity contribution is -0.115. The molecule has 0 aromatic heterocycles. The highest BCUT2D eigenvalue weighted by Gasteiger charge is 2.10. The van der Waals surface area contributed by atoms with E-state index in [4.69, 9.17) is 0 Å². The first-order valence-electron chi connectivity index (χ1n) is 6.68. The quantitative estimate of drug-likeness (QED) is 0.709. The van der Waals surface area contributed by atoms with Gasteiger partial charge in [0.15, 0.2) is 5.78 Å². The van der Waals surface area contributed by atoms with Gasteiger partial charge in [-0.3, -0.25) is 4.79 Å². The Bertz CT molecular complexity index is 467. The van der Waals surface area contributed by atoms with Crippen molar-refractivity contribution >= 4 is 5.78 Å². The highest BCUT2D eigenvalue weighted by Crippen LogP contribution is 2.19. The van der Waals surface area contributed by atoms with Crippen LogP contribution in [0.25, 0.3) is 0 Å². The molecular formula is C17H20O. The third kappa shape index (κ3) is 3.69. The van der Waals surface area contributed by atoms with Gasteiger partial charge >= 0.3 is 0 Å². The van der Waals surface area contributed by atoms with E-state index in [2.05, 4.69) is 31.2 Å². The van der Waals surface area contributed by atoms with Gasteiger partial charge in [0.05, 0.1) is 0 Å². The molecule has 0 aliphatic heterocycles. The van der Waals surface area contributed by atoms with Crippen LogP contribution in [0.3, 0.4) is 0 Å². The maximum atomic E-state index is 12.1. The average molecular weight is 240 g/mol. The summed E-state index contributed by atoms with van der Waals surface area (Å²) < 4.78 is 0. The summed E-state index contributed by atoms with van der Waals surface area (Å²) in [6, 6.07) is 0. The summed E-state index contributed by atoms with van der Waals surface area (Å²) in [4.78, 5) is 12.1. The molecule has 0 spiro atoms. The third-order valence-corrected chi connectivity index (χ3v) is 3.37. The number of allylic oxidation sites excluding steroid dienone is 10. The summed E-state index contributed by atoms with van der Waals surface area (Å²) in [6.45, 7) is 2.06. The lowest BCUT2D eigenvalue weighted by Gasteiger charge is -2.07. The summed E-state index contributed by atoms with van der Waals surface area (Å²) in [5, 5.41) is 0. The minimum atomic E-state index is 0.283. The van der Waals surface area contributed by atoms with Gasteiger partial charge in [-0.1, -0.05) is 53.7 Å². The molecule has 0 radical (unpaired) electrons. The zero-order valence-corrected chi connectivity index (χ0v) is 11.0. The Kier molecular flexibility index (Phi) is 4.52. The first-order chi connectivity index (χ1) is 8.75. The molecule has 0 aromatic rings. The zero-order valence-electron chi connectivity index (χ0n) is 11.0. The molecule has 1 heteroatoms. The topological polar surface area (TPSA) is 17.1 Å². The third-order valence-electron chi connectivity index (χ3n) is 3.37. The van der Waals surface area contributed by atoms with Crippen LogP contribution in [0.5, 0.6) is 0 Å². The Hall–Kier alpha value is -1.63. The van der Waals surface area contributed by atoms with E-state index in [1.807, 2.05) is 18.2 Å². The van der Waals surface area contributed by atoms with E-state index in [1.54, 1.807) is 0 Å². The molecule has 0 aromatic carbocycles. The summed E-state index contributed by atoms with van der Waals surface area (Å²) in [5.41, 5.74) is 3.47. The van der Waals surface area contributed by atoms with E-state index in [9.17, 15) is 4.79 Å². The SMILES string of the molecule is CC1=CCC(C(=O)CCC2=CCCC=C2)=CC=C1. The molecule has 2 aliphatic carbocycles. The van der Waals surface area contributed by atoms with Crippen molar-refractivity contribution in [3.05, 3.63) is 59.3 Å². The van der Waals surface area contributed by atoms with Crippen LogP contribution in [-0.4, -0.2) is 5.78 Å². The highest BCUT2D eigenvalue weighted by atomic mass is 16.1. The van der Waals surface area contributed by atoms with Crippen LogP contribution in [0.15, 0.2) is 59.3 Å². The van der Waals surface area contributed by atoms with Gasteiger partial charge in [-0.25, -0.2) is 0 Å². The minimum absolute atomic E-state index is 0.283. The Morgan fingerprint density at radius 2 is 2.11 bits per heavy atom. The van der Waals surface area contributed by atoms with Gasteiger partial charge in [0.1, 0.15) is 0 Å². The van der Waals surface area contributed by atoms with Crippen LogP contribution in [0.4, 0.5) is 0 Å². The van der Waals surface area contributed by atoms with Crippen molar-refractivity contribution in [2.24, 2.45) is 0 Å². The fraction of sp³-hybridized carbons (Fsp3) is 0.353. The van der Waals surface area contributed by atoms with Gasteiger partial charge in [-0.15, -0.1) is 0 Å². The van der Waals surface area contributed by atoms with Crippen LogP contribution >= 0.6 is 0 Å². The first kappa shape index (κ1) is 12.8. The fourth-order valence-corrected chi connectivity index (χ4v) is 2.20. The lowest BCUT2D eigenvalue weighted by atomic mass is 9.97. The first-order valence-corrected chi connectivity index (χ1v) is 6.68. The zero-order chi connectivity index (χ0) is 12.8. The summed E-state index contributed by atoms with van der Waals surface area (Å²) in [7, 11) is 0. The second-order valence-electron chi connectivity index (χ2n) is 4.89. The molecular weight excluding hydrogens is 220 g/mol. The van der Waals surface area contributed by atoms with E-state index >= 15 is 0 Å². The van der Waals surface area contributed by atoms with Crippen LogP contribution in [0, 0.1) is 0 Å². The Balaban J connectivity index is 1.89. The molecule has 0 unspecified atom stereocenters. The van der Waals surface area contributed by atoms with Crippen molar-refractivity contribution in [3.63, 3.8) is 0 Å². The molecule has 0 heterocycles. The maximum Gasteiger partial charge on any atom is 0.159 e. The number of carbonyl (C=O) groups excluding carboxylic acids is 1.